The van der Waals surface area contributed by atoms with Crippen LogP contribution in [0.15, 0.2) is 53.3 Å². The fraction of sp³-hybridized carbons (Fsp3) is 0.409. The lowest BCUT2D eigenvalue weighted by atomic mass is 9.80. The van der Waals surface area contributed by atoms with Gasteiger partial charge in [0, 0.05) is 49.7 Å². The molecule has 30 heavy (non-hydrogen) atoms. The highest BCUT2D eigenvalue weighted by Crippen LogP contribution is 2.50. The molecule has 3 heterocycles. The second-order valence-electron chi connectivity index (χ2n) is 8.32. The molecule has 154 valence electrons. The number of hydrogen-bond donors (Lipinski definition) is 0. The molecule has 2 fully saturated rings. The van der Waals surface area contributed by atoms with E-state index >= 15 is 0 Å². The summed E-state index contributed by atoms with van der Waals surface area (Å²) in [5.74, 6) is 1.88. The van der Waals surface area contributed by atoms with Crippen LogP contribution in [0.25, 0.3) is 11.4 Å². The summed E-state index contributed by atoms with van der Waals surface area (Å²) in [6.07, 6.45) is 7.79. The molecule has 2 aromatic heterocycles. The van der Waals surface area contributed by atoms with Crippen molar-refractivity contribution in [3.8, 4) is 11.4 Å². The number of nitrogens with zero attached hydrogens (tertiary/aromatic N) is 5. The lowest BCUT2D eigenvalue weighted by Gasteiger charge is -2.24. The topological polar surface area (TPSA) is 98.2 Å². The molecular formula is C22H23N5O3. The molecule has 0 radical (unpaired) electrons. The number of non-ortho nitro benzene ring substituents is 1. The zero-order chi connectivity index (χ0) is 20.6. The molecule has 0 bridgehead atoms. The van der Waals surface area contributed by atoms with E-state index in [0.717, 1.165) is 49.5 Å². The van der Waals surface area contributed by atoms with Gasteiger partial charge in [0.2, 0.25) is 11.7 Å². The van der Waals surface area contributed by atoms with Gasteiger partial charge in [-0.1, -0.05) is 23.7 Å². The molecule has 1 saturated heterocycles. The number of aromatic nitrogens is 3. The van der Waals surface area contributed by atoms with Crippen LogP contribution >= 0.6 is 0 Å². The first-order valence-electron chi connectivity index (χ1n) is 10.3. The van der Waals surface area contributed by atoms with Crippen LogP contribution in [0.3, 0.4) is 0 Å². The van der Waals surface area contributed by atoms with E-state index in [2.05, 4.69) is 15.0 Å². The molecule has 8 heteroatoms. The van der Waals surface area contributed by atoms with Crippen LogP contribution in [-0.4, -0.2) is 44.6 Å². The monoisotopic (exact) mass is 405 g/mol. The highest BCUT2D eigenvalue weighted by atomic mass is 16.6. The number of likely N-dealkylation sites (tertiary alicyclic amines) is 1. The summed E-state index contributed by atoms with van der Waals surface area (Å²) in [4.78, 5) is 21.8. The summed E-state index contributed by atoms with van der Waals surface area (Å²) >= 11 is 0. The van der Waals surface area contributed by atoms with Gasteiger partial charge in [0.15, 0.2) is 0 Å². The van der Waals surface area contributed by atoms with E-state index < -0.39 is 0 Å². The van der Waals surface area contributed by atoms with Crippen LogP contribution in [0, 0.1) is 16.0 Å². The number of benzene rings is 1. The van der Waals surface area contributed by atoms with E-state index in [1.807, 2.05) is 24.3 Å². The SMILES string of the molecule is O=[N+]([O-])c1ccc(CCN2C[C@H]3CCC[C@@]3(c3nc(-c4cccnc4)no3)C2)cc1. The third-order valence-electron chi connectivity index (χ3n) is 6.58. The first kappa shape index (κ1) is 18.9. The second kappa shape index (κ2) is 7.60. The van der Waals surface area contributed by atoms with E-state index in [-0.39, 0.29) is 16.0 Å². The van der Waals surface area contributed by atoms with Crippen molar-refractivity contribution in [3.63, 3.8) is 0 Å². The molecule has 0 spiro atoms. The minimum absolute atomic E-state index is 0.0665. The minimum Gasteiger partial charge on any atom is -0.338 e. The Balaban J connectivity index is 1.29. The summed E-state index contributed by atoms with van der Waals surface area (Å²) in [5.41, 5.74) is 2.05. The fourth-order valence-corrected chi connectivity index (χ4v) is 5.02. The molecule has 3 aromatic rings. The maximum absolute atomic E-state index is 10.8. The van der Waals surface area contributed by atoms with Crippen LogP contribution in [0.2, 0.25) is 0 Å². The average molecular weight is 405 g/mol. The van der Waals surface area contributed by atoms with Crippen LogP contribution in [-0.2, 0) is 11.8 Å². The Kier molecular flexibility index (Phi) is 4.78. The van der Waals surface area contributed by atoms with E-state index in [1.165, 1.54) is 12.8 Å². The third-order valence-corrected chi connectivity index (χ3v) is 6.58. The van der Waals surface area contributed by atoms with E-state index in [9.17, 15) is 10.1 Å². The zero-order valence-electron chi connectivity index (χ0n) is 16.6. The van der Waals surface area contributed by atoms with Gasteiger partial charge in [0.05, 0.1) is 10.3 Å². The molecule has 1 aliphatic carbocycles. The van der Waals surface area contributed by atoms with Gasteiger partial charge in [0.1, 0.15) is 0 Å². The van der Waals surface area contributed by atoms with Crippen LogP contribution < -0.4 is 0 Å². The Labute approximate surface area is 174 Å². The molecular weight excluding hydrogens is 382 g/mol. The van der Waals surface area contributed by atoms with Crippen LogP contribution in [0.1, 0.15) is 30.7 Å². The Morgan fingerprint density at radius 1 is 1.27 bits per heavy atom. The molecule has 1 aliphatic heterocycles. The summed E-state index contributed by atoms with van der Waals surface area (Å²) in [7, 11) is 0. The summed E-state index contributed by atoms with van der Waals surface area (Å²) in [6, 6.07) is 10.7. The third kappa shape index (κ3) is 3.37. The van der Waals surface area contributed by atoms with Gasteiger partial charge in [-0.15, -0.1) is 0 Å². The second-order valence-corrected chi connectivity index (χ2v) is 8.32. The number of fused-ring (bicyclic) bond motifs is 1. The maximum Gasteiger partial charge on any atom is 0.269 e. The highest BCUT2D eigenvalue weighted by molar-refractivity contribution is 5.52. The van der Waals surface area contributed by atoms with Crippen molar-refractivity contribution in [2.75, 3.05) is 19.6 Å². The number of rotatable bonds is 6. The smallest absolute Gasteiger partial charge is 0.269 e. The van der Waals surface area contributed by atoms with Crippen molar-refractivity contribution in [1.82, 2.24) is 20.0 Å². The van der Waals surface area contributed by atoms with Gasteiger partial charge in [-0.2, -0.15) is 4.98 Å². The van der Waals surface area contributed by atoms with Gasteiger partial charge in [0.25, 0.3) is 5.69 Å². The first-order valence-corrected chi connectivity index (χ1v) is 10.3. The van der Waals surface area contributed by atoms with Crippen molar-refractivity contribution in [2.45, 2.75) is 31.1 Å². The van der Waals surface area contributed by atoms with Crippen molar-refractivity contribution in [1.29, 1.82) is 0 Å². The molecule has 1 saturated carbocycles. The summed E-state index contributed by atoms with van der Waals surface area (Å²) in [5, 5.41) is 15.1. The van der Waals surface area contributed by atoms with Crippen LogP contribution in [0.4, 0.5) is 5.69 Å². The summed E-state index contributed by atoms with van der Waals surface area (Å²) < 4.78 is 5.77. The number of nitro benzene ring substituents is 1. The predicted octanol–water partition coefficient (Wildman–Crippen LogP) is 3.64. The van der Waals surface area contributed by atoms with Crippen molar-refractivity contribution in [3.05, 3.63) is 70.4 Å². The fourth-order valence-electron chi connectivity index (χ4n) is 5.02. The largest absolute Gasteiger partial charge is 0.338 e. The highest BCUT2D eigenvalue weighted by Gasteiger charge is 2.53. The Bertz CT molecular complexity index is 1040. The van der Waals surface area contributed by atoms with Crippen molar-refractivity contribution >= 4 is 5.69 Å². The van der Waals surface area contributed by atoms with Gasteiger partial charge in [-0.3, -0.25) is 15.1 Å². The normalized spacial score (nSPS) is 23.5. The molecule has 0 amide bonds. The van der Waals surface area contributed by atoms with Gasteiger partial charge < -0.3 is 9.42 Å². The van der Waals surface area contributed by atoms with Crippen LogP contribution in [0.5, 0.6) is 0 Å². The molecule has 0 N–H and O–H groups in total. The lowest BCUT2D eigenvalue weighted by molar-refractivity contribution is -0.384. The summed E-state index contributed by atoms with van der Waals surface area (Å²) in [6.45, 7) is 2.86. The molecule has 5 rings (SSSR count). The Morgan fingerprint density at radius 2 is 2.13 bits per heavy atom. The van der Waals surface area contributed by atoms with E-state index in [4.69, 9.17) is 9.51 Å². The molecule has 8 nitrogen and oxygen atoms in total. The molecule has 1 aromatic carbocycles. The van der Waals surface area contributed by atoms with E-state index in [1.54, 1.807) is 24.5 Å². The quantitative estimate of drug-likeness (QED) is 0.456. The van der Waals surface area contributed by atoms with Crippen molar-refractivity contribution in [2.24, 2.45) is 5.92 Å². The Morgan fingerprint density at radius 3 is 2.90 bits per heavy atom. The predicted molar refractivity (Wildman–Crippen MR) is 110 cm³/mol. The van der Waals surface area contributed by atoms with Gasteiger partial charge >= 0.3 is 0 Å². The average Bonchev–Trinajstić information content (AvgIpc) is 3.47. The molecule has 2 atom stereocenters. The number of pyridine rings is 1. The standard InChI is InChI=1S/C22H23N5O3/c28-27(29)19-7-5-16(6-8-19)9-12-26-14-18-4-1-10-22(18,15-26)21-24-20(25-30-21)17-3-2-11-23-13-17/h2-3,5-8,11,13,18H,1,4,9-10,12,14-15H2/t18-,22-/m1/s1. The molecule has 2 aliphatic rings. The van der Waals surface area contributed by atoms with E-state index in [0.29, 0.717) is 11.7 Å². The number of nitro groups is 1. The Hall–Kier alpha value is -3.13. The van der Waals surface area contributed by atoms with Gasteiger partial charge in [-0.05, 0) is 42.9 Å². The van der Waals surface area contributed by atoms with Gasteiger partial charge in [-0.25, -0.2) is 0 Å². The first-order chi connectivity index (χ1) is 14.6. The van der Waals surface area contributed by atoms with Crippen molar-refractivity contribution < 1.29 is 9.45 Å². The molecule has 0 unspecified atom stereocenters. The minimum atomic E-state index is -0.362. The lowest BCUT2D eigenvalue weighted by Crippen LogP contribution is -2.33. The zero-order valence-corrected chi connectivity index (χ0v) is 16.6. The number of hydrogen-bond acceptors (Lipinski definition) is 7. The maximum atomic E-state index is 10.8.